The number of hydrogen-bond acceptors (Lipinski definition) is 2. The van der Waals surface area contributed by atoms with Crippen molar-refractivity contribution in [3.8, 4) is 0 Å². The second kappa shape index (κ2) is 8.08. The minimum Gasteiger partial charge on any atom is -0.327 e. The lowest BCUT2D eigenvalue weighted by Gasteiger charge is -2.23. The summed E-state index contributed by atoms with van der Waals surface area (Å²) in [6, 6.07) is 1.07. The highest BCUT2D eigenvalue weighted by Gasteiger charge is 2.12. The normalized spacial score (nSPS) is 21.8. The van der Waals surface area contributed by atoms with Crippen LogP contribution in [0.15, 0.2) is 0 Å². The molecular weight excluding hydrogens is 196 g/mol. The van der Waals surface area contributed by atoms with Gasteiger partial charge in [0.1, 0.15) is 0 Å². The highest BCUT2D eigenvalue weighted by atomic mass is 14.9. The van der Waals surface area contributed by atoms with Gasteiger partial charge in [-0.05, 0) is 25.2 Å². The average molecular weight is 226 g/mol. The van der Waals surface area contributed by atoms with E-state index in [2.05, 4.69) is 19.2 Å². The Hall–Kier alpha value is -0.0800. The molecule has 3 N–H and O–H groups in total. The van der Waals surface area contributed by atoms with Crippen molar-refractivity contribution in [1.29, 1.82) is 0 Å². The smallest absolute Gasteiger partial charge is 0.0167 e. The van der Waals surface area contributed by atoms with E-state index in [-0.39, 0.29) is 0 Å². The zero-order chi connectivity index (χ0) is 11.8. The van der Waals surface area contributed by atoms with Crippen molar-refractivity contribution in [2.24, 2.45) is 11.7 Å². The molecule has 1 unspecified atom stereocenters. The molecule has 1 fully saturated rings. The summed E-state index contributed by atoms with van der Waals surface area (Å²) < 4.78 is 0. The summed E-state index contributed by atoms with van der Waals surface area (Å²) in [6.07, 6.45) is 10.9. The van der Waals surface area contributed by atoms with E-state index < -0.39 is 0 Å². The average Bonchev–Trinajstić information content (AvgIpc) is 2.14. The van der Waals surface area contributed by atoms with E-state index >= 15 is 0 Å². The van der Waals surface area contributed by atoms with Gasteiger partial charge in [-0.3, -0.25) is 0 Å². The lowest BCUT2D eigenvalue weighted by Crippen LogP contribution is -2.40. The third kappa shape index (κ3) is 6.49. The number of hydrogen-bond donors (Lipinski definition) is 2. The molecule has 2 nitrogen and oxygen atoms in total. The summed E-state index contributed by atoms with van der Waals surface area (Å²) in [7, 11) is 0. The van der Waals surface area contributed by atoms with Crippen LogP contribution in [0.3, 0.4) is 0 Å². The molecule has 0 saturated heterocycles. The Morgan fingerprint density at radius 3 is 2.19 bits per heavy atom. The SMILES string of the molecule is CC(C)CC(N)CNC1CCCCCCC1. The Labute approximate surface area is 101 Å². The van der Waals surface area contributed by atoms with E-state index in [4.69, 9.17) is 5.73 Å². The first-order valence-electron chi connectivity index (χ1n) is 7.17. The van der Waals surface area contributed by atoms with Crippen LogP contribution >= 0.6 is 0 Å². The van der Waals surface area contributed by atoms with Gasteiger partial charge in [0, 0.05) is 18.6 Å². The van der Waals surface area contributed by atoms with Gasteiger partial charge in [0.2, 0.25) is 0 Å². The van der Waals surface area contributed by atoms with Gasteiger partial charge in [-0.15, -0.1) is 0 Å². The van der Waals surface area contributed by atoms with Crippen LogP contribution in [0.5, 0.6) is 0 Å². The van der Waals surface area contributed by atoms with Gasteiger partial charge in [-0.25, -0.2) is 0 Å². The molecule has 1 atom stereocenters. The van der Waals surface area contributed by atoms with E-state index in [0.717, 1.165) is 19.0 Å². The Morgan fingerprint density at radius 2 is 1.62 bits per heavy atom. The molecule has 1 aliphatic rings. The van der Waals surface area contributed by atoms with Crippen molar-refractivity contribution < 1.29 is 0 Å². The van der Waals surface area contributed by atoms with Crippen LogP contribution in [0.4, 0.5) is 0 Å². The van der Waals surface area contributed by atoms with Crippen molar-refractivity contribution in [1.82, 2.24) is 5.32 Å². The van der Waals surface area contributed by atoms with Crippen molar-refractivity contribution in [3.63, 3.8) is 0 Å². The predicted octanol–water partition coefficient (Wildman–Crippen LogP) is 3.06. The summed E-state index contributed by atoms with van der Waals surface area (Å²) in [5.74, 6) is 0.717. The zero-order valence-corrected chi connectivity index (χ0v) is 11.2. The molecule has 0 aliphatic heterocycles. The Morgan fingerprint density at radius 1 is 1.06 bits per heavy atom. The fraction of sp³-hybridized carbons (Fsp3) is 1.00. The van der Waals surface area contributed by atoms with Crippen molar-refractivity contribution in [3.05, 3.63) is 0 Å². The minimum atomic E-state index is 0.338. The van der Waals surface area contributed by atoms with Gasteiger partial charge in [-0.2, -0.15) is 0 Å². The van der Waals surface area contributed by atoms with E-state index in [9.17, 15) is 0 Å². The molecule has 0 aromatic heterocycles. The summed E-state index contributed by atoms with van der Waals surface area (Å²) in [5.41, 5.74) is 6.10. The molecule has 0 amide bonds. The molecule has 0 radical (unpaired) electrons. The first-order valence-corrected chi connectivity index (χ1v) is 7.17. The molecule has 0 spiro atoms. The number of rotatable bonds is 5. The quantitative estimate of drug-likeness (QED) is 0.756. The summed E-state index contributed by atoms with van der Waals surface area (Å²) in [4.78, 5) is 0. The maximum absolute atomic E-state index is 6.10. The fourth-order valence-electron chi connectivity index (χ4n) is 2.67. The molecular formula is C14H30N2. The van der Waals surface area contributed by atoms with E-state index in [0.29, 0.717) is 12.0 Å². The summed E-state index contributed by atoms with van der Waals surface area (Å²) >= 11 is 0. The van der Waals surface area contributed by atoms with Crippen LogP contribution in [0, 0.1) is 5.92 Å². The van der Waals surface area contributed by atoms with Gasteiger partial charge < -0.3 is 11.1 Å². The molecule has 1 rings (SSSR count). The summed E-state index contributed by atoms with van der Waals surface area (Å²) in [5, 5.41) is 3.67. The maximum atomic E-state index is 6.10. The third-order valence-corrected chi connectivity index (χ3v) is 3.55. The minimum absolute atomic E-state index is 0.338. The maximum Gasteiger partial charge on any atom is 0.0167 e. The monoisotopic (exact) mass is 226 g/mol. The number of nitrogens with two attached hydrogens (primary N) is 1. The summed E-state index contributed by atoms with van der Waals surface area (Å²) in [6.45, 7) is 5.49. The molecule has 2 heteroatoms. The van der Waals surface area contributed by atoms with Gasteiger partial charge >= 0.3 is 0 Å². The standard InChI is InChI=1S/C14H30N2/c1-12(2)10-13(15)11-16-14-8-6-4-3-5-7-9-14/h12-14,16H,3-11,15H2,1-2H3. The topological polar surface area (TPSA) is 38.0 Å². The van der Waals surface area contributed by atoms with Gasteiger partial charge in [-0.1, -0.05) is 46.0 Å². The van der Waals surface area contributed by atoms with Crippen molar-refractivity contribution >= 4 is 0 Å². The second-order valence-corrected chi connectivity index (χ2v) is 5.84. The molecule has 0 bridgehead atoms. The fourth-order valence-corrected chi connectivity index (χ4v) is 2.67. The molecule has 0 aromatic carbocycles. The molecule has 1 aliphatic carbocycles. The third-order valence-electron chi connectivity index (χ3n) is 3.55. The Kier molecular flexibility index (Phi) is 7.06. The van der Waals surface area contributed by atoms with Crippen LogP contribution in [-0.4, -0.2) is 18.6 Å². The first-order chi connectivity index (χ1) is 7.68. The lowest BCUT2D eigenvalue weighted by molar-refractivity contribution is 0.367. The predicted molar refractivity (Wildman–Crippen MR) is 71.5 cm³/mol. The van der Waals surface area contributed by atoms with Crippen molar-refractivity contribution in [2.45, 2.75) is 77.3 Å². The van der Waals surface area contributed by atoms with Crippen LogP contribution in [0.25, 0.3) is 0 Å². The van der Waals surface area contributed by atoms with Crippen LogP contribution in [-0.2, 0) is 0 Å². The van der Waals surface area contributed by atoms with Crippen LogP contribution in [0.2, 0.25) is 0 Å². The number of nitrogens with one attached hydrogen (secondary N) is 1. The van der Waals surface area contributed by atoms with Gasteiger partial charge in [0.15, 0.2) is 0 Å². The van der Waals surface area contributed by atoms with E-state index in [1.807, 2.05) is 0 Å². The van der Waals surface area contributed by atoms with E-state index in [1.54, 1.807) is 0 Å². The highest BCUT2D eigenvalue weighted by molar-refractivity contribution is 4.74. The van der Waals surface area contributed by atoms with E-state index in [1.165, 1.54) is 44.9 Å². The van der Waals surface area contributed by atoms with Crippen molar-refractivity contribution in [2.75, 3.05) is 6.54 Å². The Bertz CT molecular complexity index is 160. The Balaban J connectivity index is 2.14. The second-order valence-electron chi connectivity index (χ2n) is 5.84. The van der Waals surface area contributed by atoms with Crippen LogP contribution < -0.4 is 11.1 Å². The molecule has 96 valence electrons. The first kappa shape index (κ1) is 14.0. The van der Waals surface area contributed by atoms with Gasteiger partial charge in [0.05, 0.1) is 0 Å². The van der Waals surface area contributed by atoms with Gasteiger partial charge in [0.25, 0.3) is 0 Å². The molecule has 16 heavy (non-hydrogen) atoms. The largest absolute Gasteiger partial charge is 0.327 e. The molecule has 0 heterocycles. The zero-order valence-electron chi connectivity index (χ0n) is 11.2. The lowest BCUT2D eigenvalue weighted by atomic mass is 9.96. The highest BCUT2D eigenvalue weighted by Crippen LogP contribution is 2.17. The molecule has 1 saturated carbocycles. The molecule has 0 aromatic rings. The van der Waals surface area contributed by atoms with Crippen LogP contribution in [0.1, 0.15) is 65.2 Å².